The van der Waals surface area contributed by atoms with E-state index in [1.807, 2.05) is 0 Å². The molecule has 0 spiro atoms. The van der Waals surface area contributed by atoms with Crippen molar-refractivity contribution in [3.05, 3.63) is 29.3 Å². The molecule has 1 aliphatic rings. The van der Waals surface area contributed by atoms with Gasteiger partial charge in [0.05, 0.1) is 16.8 Å². The minimum absolute atomic E-state index is 0.161. The fraction of sp³-hybridized carbons (Fsp3) is 0.467. The molecule has 0 unspecified atom stereocenters. The molecule has 1 heterocycles. The standard InChI is InChI=1S/C15H19N3O2/c1-17(2)13-5-7-18(8-6-13)14-4-3-11(15(19)20)9-12(14)10-16/h3-4,9,13H,5-8H2,1-2H3,(H,19,20). The Bertz CT molecular complexity index is 541. The molecule has 1 saturated heterocycles. The van der Waals surface area contributed by atoms with Gasteiger partial charge in [-0.15, -0.1) is 0 Å². The fourth-order valence-corrected chi connectivity index (χ4v) is 2.66. The van der Waals surface area contributed by atoms with Gasteiger partial charge in [0.15, 0.2) is 0 Å². The Hall–Kier alpha value is -2.06. The molecule has 1 aromatic rings. The third-order valence-corrected chi connectivity index (χ3v) is 3.90. The zero-order chi connectivity index (χ0) is 14.7. The second-order valence-corrected chi connectivity index (χ2v) is 5.33. The van der Waals surface area contributed by atoms with Crippen LogP contribution in [0.4, 0.5) is 5.69 Å². The van der Waals surface area contributed by atoms with E-state index in [0.29, 0.717) is 11.6 Å². The predicted molar refractivity (Wildman–Crippen MR) is 77.0 cm³/mol. The van der Waals surface area contributed by atoms with Gasteiger partial charge in [-0.3, -0.25) is 0 Å². The van der Waals surface area contributed by atoms with E-state index < -0.39 is 5.97 Å². The van der Waals surface area contributed by atoms with E-state index in [4.69, 9.17) is 5.11 Å². The molecule has 1 N–H and O–H groups in total. The van der Waals surface area contributed by atoms with Gasteiger partial charge in [0, 0.05) is 19.1 Å². The van der Waals surface area contributed by atoms with Crippen molar-refractivity contribution in [1.82, 2.24) is 4.90 Å². The molecule has 5 heteroatoms. The van der Waals surface area contributed by atoms with E-state index in [0.717, 1.165) is 31.6 Å². The first-order valence-electron chi connectivity index (χ1n) is 6.71. The summed E-state index contributed by atoms with van der Waals surface area (Å²) in [4.78, 5) is 15.3. The Labute approximate surface area is 119 Å². The van der Waals surface area contributed by atoms with Gasteiger partial charge in [0.2, 0.25) is 0 Å². The monoisotopic (exact) mass is 273 g/mol. The van der Waals surface area contributed by atoms with Crippen LogP contribution in [0, 0.1) is 11.3 Å². The maximum Gasteiger partial charge on any atom is 0.335 e. The maximum absolute atomic E-state index is 10.9. The lowest BCUT2D eigenvalue weighted by atomic mass is 10.0. The number of piperidine rings is 1. The first kappa shape index (κ1) is 14.4. The van der Waals surface area contributed by atoms with E-state index >= 15 is 0 Å². The Morgan fingerprint density at radius 1 is 1.40 bits per heavy atom. The molecule has 0 aliphatic carbocycles. The van der Waals surface area contributed by atoms with E-state index in [1.54, 1.807) is 12.1 Å². The van der Waals surface area contributed by atoms with E-state index in [1.165, 1.54) is 6.07 Å². The molecule has 0 aromatic heterocycles. The van der Waals surface area contributed by atoms with Gasteiger partial charge in [-0.1, -0.05) is 0 Å². The lowest BCUT2D eigenvalue weighted by molar-refractivity contribution is 0.0697. The summed E-state index contributed by atoms with van der Waals surface area (Å²) < 4.78 is 0. The molecule has 1 fully saturated rings. The van der Waals surface area contributed by atoms with Gasteiger partial charge in [0.25, 0.3) is 0 Å². The molecule has 0 bridgehead atoms. The zero-order valence-electron chi connectivity index (χ0n) is 11.8. The van der Waals surface area contributed by atoms with Crippen molar-refractivity contribution in [2.75, 3.05) is 32.1 Å². The topological polar surface area (TPSA) is 67.6 Å². The van der Waals surface area contributed by atoms with E-state index in [9.17, 15) is 10.1 Å². The lowest BCUT2D eigenvalue weighted by Crippen LogP contribution is -2.42. The van der Waals surface area contributed by atoms with Gasteiger partial charge >= 0.3 is 5.97 Å². The Kier molecular flexibility index (Phi) is 4.26. The van der Waals surface area contributed by atoms with Crippen molar-refractivity contribution >= 4 is 11.7 Å². The number of aromatic carboxylic acids is 1. The number of nitrogens with zero attached hydrogens (tertiary/aromatic N) is 3. The van der Waals surface area contributed by atoms with Crippen molar-refractivity contribution in [3.8, 4) is 6.07 Å². The lowest BCUT2D eigenvalue weighted by Gasteiger charge is -2.36. The molecule has 1 aliphatic heterocycles. The maximum atomic E-state index is 10.9. The average Bonchev–Trinajstić information content (AvgIpc) is 2.46. The van der Waals surface area contributed by atoms with Crippen LogP contribution in [0.3, 0.4) is 0 Å². The van der Waals surface area contributed by atoms with Gasteiger partial charge in [-0.25, -0.2) is 4.79 Å². The number of rotatable bonds is 3. The first-order valence-corrected chi connectivity index (χ1v) is 6.71. The molecular weight excluding hydrogens is 254 g/mol. The SMILES string of the molecule is CN(C)C1CCN(c2ccc(C(=O)O)cc2C#N)CC1. The van der Waals surface area contributed by atoms with E-state index in [2.05, 4.69) is 30.0 Å². The summed E-state index contributed by atoms with van der Waals surface area (Å²) in [5, 5.41) is 18.2. The third kappa shape index (κ3) is 2.91. The molecule has 0 amide bonds. The van der Waals surface area contributed by atoms with Crippen LogP contribution < -0.4 is 4.90 Å². The number of carboxylic acid groups (broad SMARTS) is 1. The van der Waals surface area contributed by atoms with Crippen LogP contribution in [0.2, 0.25) is 0 Å². The van der Waals surface area contributed by atoms with Gasteiger partial charge in [0.1, 0.15) is 6.07 Å². The summed E-state index contributed by atoms with van der Waals surface area (Å²) in [5.41, 5.74) is 1.44. The highest BCUT2D eigenvalue weighted by atomic mass is 16.4. The Morgan fingerprint density at radius 3 is 2.55 bits per heavy atom. The normalized spacial score (nSPS) is 16.2. The molecule has 0 saturated carbocycles. The number of carbonyl (C=O) groups is 1. The number of benzene rings is 1. The minimum Gasteiger partial charge on any atom is -0.478 e. The summed E-state index contributed by atoms with van der Waals surface area (Å²) in [6, 6.07) is 7.45. The second-order valence-electron chi connectivity index (χ2n) is 5.33. The van der Waals surface area contributed by atoms with Crippen LogP contribution in [-0.4, -0.2) is 49.2 Å². The summed E-state index contributed by atoms with van der Waals surface area (Å²) in [5.74, 6) is -1.00. The van der Waals surface area contributed by atoms with Crippen LogP contribution >= 0.6 is 0 Å². The number of anilines is 1. The second kappa shape index (κ2) is 5.93. The van der Waals surface area contributed by atoms with Crippen molar-refractivity contribution in [1.29, 1.82) is 5.26 Å². The summed E-state index contributed by atoms with van der Waals surface area (Å²) in [6.07, 6.45) is 2.11. The Morgan fingerprint density at radius 2 is 2.05 bits per heavy atom. The van der Waals surface area contributed by atoms with Crippen LogP contribution in [-0.2, 0) is 0 Å². The summed E-state index contributed by atoms with van der Waals surface area (Å²) in [7, 11) is 4.17. The van der Waals surface area contributed by atoms with Crippen LogP contribution in [0.1, 0.15) is 28.8 Å². The van der Waals surface area contributed by atoms with Crippen molar-refractivity contribution in [2.45, 2.75) is 18.9 Å². The highest BCUT2D eigenvalue weighted by Crippen LogP contribution is 2.26. The molecule has 1 aromatic carbocycles. The summed E-state index contributed by atoms with van der Waals surface area (Å²) in [6.45, 7) is 1.79. The highest BCUT2D eigenvalue weighted by Gasteiger charge is 2.22. The molecule has 106 valence electrons. The predicted octanol–water partition coefficient (Wildman–Crippen LogP) is 1.79. The molecule has 0 atom stereocenters. The number of hydrogen-bond acceptors (Lipinski definition) is 4. The highest BCUT2D eigenvalue weighted by molar-refractivity contribution is 5.89. The molecule has 5 nitrogen and oxygen atoms in total. The van der Waals surface area contributed by atoms with Gasteiger partial charge in [-0.05, 0) is 45.1 Å². The smallest absolute Gasteiger partial charge is 0.335 e. The number of carboxylic acids is 1. The molecule has 2 rings (SSSR count). The molecule has 20 heavy (non-hydrogen) atoms. The average molecular weight is 273 g/mol. The quantitative estimate of drug-likeness (QED) is 0.909. The van der Waals surface area contributed by atoms with Gasteiger partial charge in [-0.2, -0.15) is 5.26 Å². The number of hydrogen-bond donors (Lipinski definition) is 1. The van der Waals surface area contributed by atoms with Crippen molar-refractivity contribution in [2.24, 2.45) is 0 Å². The van der Waals surface area contributed by atoms with Crippen LogP contribution in [0.25, 0.3) is 0 Å². The molecule has 0 radical (unpaired) electrons. The van der Waals surface area contributed by atoms with Crippen molar-refractivity contribution < 1.29 is 9.90 Å². The van der Waals surface area contributed by atoms with Crippen molar-refractivity contribution in [3.63, 3.8) is 0 Å². The third-order valence-electron chi connectivity index (χ3n) is 3.90. The van der Waals surface area contributed by atoms with Gasteiger partial charge < -0.3 is 14.9 Å². The number of nitriles is 1. The largest absolute Gasteiger partial charge is 0.478 e. The van der Waals surface area contributed by atoms with Crippen LogP contribution in [0.5, 0.6) is 0 Å². The Balaban J connectivity index is 2.18. The summed E-state index contributed by atoms with van der Waals surface area (Å²) >= 11 is 0. The molecular formula is C15H19N3O2. The zero-order valence-corrected chi connectivity index (χ0v) is 11.8. The fourth-order valence-electron chi connectivity index (χ4n) is 2.66. The van der Waals surface area contributed by atoms with E-state index in [-0.39, 0.29) is 5.56 Å². The first-order chi connectivity index (χ1) is 9.52. The minimum atomic E-state index is -1.00. The van der Waals surface area contributed by atoms with Crippen LogP contribution in [0.15, 0.2) is 18.2 Å².